The number of furan rings is 1. The van der Waals surface area contributed by atoms with Crippen molar-refractivity contribution in [2.24, 2.45) is 0 Å². The van der Waals surface area contributed by atoms with Gasteiger partial charge < -0.3 is 9.73 Å². The maximum atomic E-state index is 14.5. The van der Waals surface area contributed by atoms with E-state index in [1.165, 1.54) is 36.9 Å². The SMILES string of the molecule is CNCc1cc(-c2ccc(F)cc2F)n(S(=O)(=O)c2cccc(-c3ccoc3)c2)c1.Cl. The Labute approximate surface area is 184 Å². The molecule has 162 valence electrons. The van der Waals surface area contributed by atoms with E-state index < -0.39 is 21.7 Å². The van der Waals surface area contributed by atoms with E-state index in [4.69, 9.17) is 4.42 Å². The highest BCUT2D eigenvalue weighted by atomic mass is 35.5. The summed E-state index contributed by atoms with van der Waals surface area (Å²) < 4.78 is 60.9. The topological polar surface area (TPSA) is 64.2 Å². The van der Waals surface area contributed by atoms with Gasteiger partial charge in [0.15, 0.2) is 0 Å². The van der Waals surface area contributed by atoms with Gasteiger partial charge in [0, 0.05) is 29.9 Å². The lowest BCUT2D eigenvalue weighted by atomic mass is 10.1. The maximum Gasteiger partial charge on any atom is 0.268 e. The van der Waals surface area contributed by atoms with E-state index in [1.807, 2.05) is 0 Å². The molecule has 2 aromatic heterocycles. The Bertz CT molecular complexity index is 1300. The monoisotopic (exact) mass is 464 g/mol. The van der Waals surface area contributed by atoms with Gasteiger partial charge in [-0.15, -0.1) is 12.4 Å². The zero-order valence-electron chi connectivity index (χ0n) is 16.4. The fraction of sp³-hybridized carbons (Fsp3) is 0.0909. The largest absolute Gasteiger partial charge is 0.472 e. The van der Waals surface area contributed by atoms with Crippen molar-refractivity contribution in [2.75, 3.05) is 7.05 Å². The summed E-state index contributed by atoms with van der Waals surface area (Å²) >= 11 is 0. The van der Waals surface area contributed by atoms with E-state index in [2.05, 4.69) is 5.32 Å². The number of aromatic nitrogens is 1. The van der Waals surface area contributed by atoms with Crippen LogP contribution in [0.2, 0.25) is 0 Å². The Morgan fingerprint density at radius 1 is 1.03 bits per heavy atom. The normalized spacial score (nSPS) is 11.3. The molecule has 0 bridgehead atoms. The average Bonchev–Trinajstić information content (AvgIpc) is 3.39. The van der Waals surface area contributed by atoms with E-state index in [0.29, 0.717) is 17.7 Å². The molecule has 0 amide bonds. The molecular formula is C22H19ClF2N2O3S. The van der Waals surface area contributed by atoms with Crippen LogP contribution in [0, 0.1) is 11.6 Å². The Balaban J connectivity index is 0.00000272. The summed E-state index contributed by atoms with van der Waals surface area (Å²) in [5.41, 5.74) is 2.16. The minimum Gasteiger partial charge on any atom is -0.472 e. The Morgan fingerprint density at radius 2 is 1.84 bits per heavy atom. The van der Waals surface area contributed by atoms with Crippen molar-refractivity contribution in [2.45, 2.75) is 11.4 Å². The molecule has 0 saturated carbocycles. The first-order chi connectivity index (χ1) is 14.4. The van der Waals surface area contributed by atoms with Crippen LogP contribution in [0.25, 0.3) is 22.4 Å². The van der Waals surface area contributed by atoms with Gasteiger partial charge in [-0.05, 0) is 54.6 Å². The molecule has 2 aromatic carbocycles. The molecule has 31 heavy (non-hydrogen) atoms. The summed E-state index contributed by atoms with van der Waals surface area (Å²) in [6, 6.07) is 12.8. The van der Waals surface area contributed by atoms with Crippen molar-refractivity contribution < 1.29 is 21.6 Å². The van der Waals surface area contributed by atoms with Crippen LogP contribution in [-0.2, 0) is 16.6 Å². The first-order valence-electron chi connectivity index (χ1n) is 9.09. The molecule has 0 fully saturated rings. The summed E-state index contributed by atoms with van der Waals surface area (Å²) in [5, 5.41) is 2.95. The summed E-state index contributed by atoms with van der Waals surface area (Å²) in [7, 11) is -2.34. The molecular weight excluding hydrogens is 446 g/mol. The highest BCUT2D eigenvalue weighted by Crippen LogP contribution is 2.31. The molecule has 0 spiro atoms. The second kappa shape index (κ2) is 9.05. The number of nitrogens with zero attached hydrogens (tertiary/aromatic N) is 1. The number of benzene rings is 2. The van der Waals surface area contributed by atoms with Crippen LogP contribution >= 0.6 is 12.4 Å². The molecule has 4 aromatic rings. The Morgan fingerprint density at radius 3 is 2.52 bits per heavy atom. The molecule has 1 N–H and O–H groups in total. The third kappa shape index (κ3) is 4.41. The predicted octanol–water partition coefficient (Wildman–Crippen LogP) is 5.07. The van der Waals surface area contributed by atoms with Gasteiger partial charge in [-0.25, -0.2) is 21.2 Å². The number of hydrogen-bond donors (Lipinski definition) is 1. The minimum atomic E-state index is -4.06. The van der Waals surface area contributed by atoms with Crippen LogP contribution < -0.4 is 5.32 Å². The zero-order chi connectivity index (χ0) is 21.3. The molecule has 9 heteroatoms. The van der Waals surface area contributed by atoms with Gasteiger partial charge in [0.05, 0.1) is 23.1 Å². The van der Waals surface area contributed by atoms with E-state index >= 15 is 0 Å². The van der Waals surface area contributed by atoms with Crippen molar-refractivity contribution >= 4 is 22.4 Å². The smallest absolute Gasteiger partial charge is 0.268 e. The van der Waals surface area contributed by atoms with Crippen molar-refractivity contribution in [1.82, 2.24) is 9.29 Å². The molecule has 5 nitrogen and oxygen atoms in total. The predicted molar refractivity (Wildman–Crippen MR) is 117 cm³/mol. The summed E-state index contributed by atoms with van der Waals surface area (Å²) in [5.74, 6) is -1.58. The average molecular weight is 465 g/mol. The molecule has 2 heterocycles. The first-order valence-corrected chi connectivity index (χ1v) is 10.5. The van der Waals surface area contributed by atoms with Crippen LogP contribution in [0.1, 0.15) is 5.56 Å². The fourth-order valence-corrected chi connectivity index (χ4v) is 4.71. The number of halogens is 3. The van der Waals surface area contributed by atoms with Crippen LogP contribution in [0.4, 0.5) is 8.78 Å². The van der Waals surface area contributed by atoms with Crippen LogP contribution in [-0.4, -0.2) is 19.4 Å². The second-order valence-electron chi connectivity index (χ2n) is 6.73. The summed E-state index contributed by atoms with van der Waals surface area (Å²) in [4.78, 5) is 0.0385. The van der Waals surface area contributed by atoms with Crippen LogP contribution in [0.5, 0.6) is 0 Å². The number of hydrogen-bond acceptors (Lipinski definition) is 4. The lowest BCUT2D eigenvalue weighted by molar-refractivity contribution is 0.568. The van der Waals surface area contributed by atoms with Gasteiger partial charge >= 0.3 is 0 Å². The van der Waals surface area contributed by atoms with E-state index in [9.17, 15) is 17.2 Å². The van der Waals surface area contributed by atoms with E-state index in [1.54, 1.807) is 31.3 Å². The molecule has 0 saturated heterocycles. The van der Waals surface area contributed by atoms with Gasteiger partial charge in [-0.3, -0.25) is 0 Å². The molecule has 0 radical (unpaired) electrons. The van der Waals surface area contributed by atoms with Crippen molar-refractivity contribution in [3.8, 4) is 22.4 Å². The first kappa shape index (κ1) is 22.7. The summed E-state index contributed by atoms with van der Waals surface area (Å²) in [6.45, 7) is 0.382. The zero-order valence-corrected chi connectivity index (χ0v) is 18.0. The highest BCUT2D eigenvalue weighted by molar-refractivity contribution is 7.90. The molecule has 0 atom stereocenters. The minimum absolute atomic E-state index is 0. The standard InChI is InChI=1S/C22H18F2N2O3S.ClH/c1-25-12-15-9-22(20-6-5-18(23)11-21(20)24)26(13-15)30(27,28)19-4-2-3-16(10-19)17-7-8-29-14-17;/h2-11,13-14,25H,12H2,1H3;1H. The second-order valence-corrected chi connectivity index (χ2v) is 8.54. The number of nitrogens with one attached hydrogen (secondary N) is 1. The Hall–Kier alpha value is -2.94. The lowest BCUT2D eigenvalue weighted by Crippen LogP contribution is -2.14. The molecule has 4 rings (SSSR count). The van der Waals surface area contributed by atoms with Gasteiger partial charge in [0.25, 0.3) is 10.0 Å². The Kier molecular flexibility index (Phi) is 6.64. The number of rotatable bonds is 6. The van der Waals surface area contributed by atoms with E-state index in [-0.39, 0.29) is 28.6 Å². The van der Waals surface area contributed by atoms with Crippen molar-refractivity contribution in [3.63, 3.8) is 0 Å². The fourth-order valence-electron chi connectivity index (χ4n) is 3.27. The quantitative estimate of drug-likeness (QED) is 0.432. The van der Waals surface area contributed by atoms with Gasteiger partial charge in [-0.1, -0.05) is 12.1 Å². The van der Waals surface area contributed by atoms with Gasteiger partial charge in [-0.2, -0.15) is 0 Å². The molecule has 0 aliphatic rings. The molecule has 0 aliphatic carbocycles. The van der Waals surface area contributed by atoms with Gasteiger partial charge in [0.2, 0.25) is 0 Å². The lowest BCUT2D eigenvalue weighted by Gasteiger charge is -2.12. The van der Waals surface area contributed by atoms with Crippen LogP contribution in [0.3, 0.4) is 0 Å². The molecule has 0 aliphatic heterocycles. The maximum absolute atomic E-state index is 14.5. The summed E-state index contributed by atoms with van der Waals surface area (Å²) in [6.07, 6.45) is 4.46. The van der Waals surface area contributed by atoms with Crippen LogP contribution in [0.15, 0.2) is 82.6 Å². The van der Waals surface area contributed by atoms with Crippen molar-refractivity contribution in [3.05, 3.63) is 90.5 Å². The van der Waals surface area contributed by atoms with Gasteiger partial charge in [0.1, 0.15) is 11.6 Å². The third-order valence-corrected chi connectivity index (χ3v) is 6.35. The molecule has 0 unspecified atom stereocenters. The van der Waals surface area contributed by atoms with E-state index in [0.717, 1.165) is 21.7 Å². The highest BCUT2D eigenvalue weighted by Gasteiger charge is 2.24. The van der Waals surface area contributed by atoms with Crippen molar-refractivity contribution in [1.29, 1.82) is 0 Å². The third-order valence-electron chi connectivity index (χ3n) is 4.68.